The van der Waals surface area contributed by atoms with Crippen LogP contribution in [-0.4, -0.2) is 55.7 Å². The number of carbonyl (C=O) groups excluding carboxylic acids is 1. The summed E-state index contributed by atoms with van der Waals surface area (Å²) in [6, 6.07) is 14.3. The van der Waals surface area contributed by atoms with Gasteiger partial charge in [0.05, 0.1) is 29.3 Å². The summed E-state index contributed by atoms with van der Waals surface area (Å²) in [4.78, 5) is 18.8. The molecule has 0 saturated carbocycles. The van der Waals surface area contributed by atoms with E-state index in [4.69, 9.17) is 14.2 Å². The highest BCUT2D eigenvalue weighted by molar-refractivity contribution is 8.14. The van der Waals surface area contributed by atoms with Gasteiger partial charge in [-0.3, -0.25) is 9.79 Å². The maximum atomic E-state index is 12.3. The van der Waals surface area contributed by atoms with Crippen LogP contribution in [0.5, 0.6) is 11.5 Å². The lowest BCUT2D eigenvalue weighted by atomic mass is 10.1. The van der Waals surface area contributed by atoms with Crippen LogP contribution in [0.4, 0.5) is 5.69 Å². The Hall–Kier alpha value is -2.72. The lowest BCUT2D eigenvalue weighted by Crippen LogP contribution is -2.39. The summed E-state index contributed by atoms with van der Waals surface area (Å²) in [5.41, 5.74) is 1.68. The average Bonchev–Trinajstić information content (AvgIpc) is 3.42. The minimum Gasteiger partial charge on any atom is -0.460 e. The molecule has 10 heteroatoms. The number of ether oxygens (including phenoxy) is 3. The maximum Gasteiger partial charge on any atom is 0.316 e. The fourth-order valence-corrected chi connectivity index (χ4v) is 6.64. The van der Waals surface area contributed by atoms with Crippen molar-refractivity contribution in [1.82, 2.24) is 0 Å². The third kappa shape index (κ3) is 4.22. The summed E-state index contributed by atoms with van der Waals surface area (Å²) in [5.74, 6) is 1.02. The van der Waals surface area contributed by atoms with Crippen molar-refractivity contribution in [2.75, 3.05) is 29.0 Å². The molecule has 0 bridgehead atoms. The fourth-order valence-electron chi connectivity index (χ4n) is 3.87. The molecule has 0 aromatic heterocycles. The first-order chi connectivity index (χ1) is 15.0. The first kappa shape index (κ1) is 20.2. The lowest BCUT2D eigenvalue weighted by Gasteiger charge is -2.26. The number of benzene rings is 2. The highest BCUT2D eigenvalue weighted by Crippen LogP contribution is 2.40. The van der Waals surface area contributed by atoms with E-state index in [9.17, 15) is 13.2 Å². The van der Waals surface area contributed by atoms with Crippen molar-refractivity contribution in [3.05, 3.63) is 54.1 Å². The number of sulfone groups is 1. The highest BCUT2D eigenvalue weighted by atomic mass is 32.2. The Kier molecular flexibility index (Phi) is 5.27. The van der Waals surface area contributed by atoms with E-state index in [2.05, 4.69) is 4.99 Å². The Morgan fingerprint density at radius 3 is 2.77 bits per heavy atom. The number of amidine groups is 1. The summed E-state index contributed by atoms with van der Waals surface area (Å²) in [6.07, 6.45) is 0. The second-order valence-corrected chi connectivity index (χ2v) is 10.6. The summed E-state index contributed by atoms with van der Waals surface area (Å²) >= 11 is 1.25. The van der Waals surface area contributed by atoms with Gasteiger partial charge in [0.2, 0.25) is 6.79 Å². The van der Waals surface area contributed by atoms with Gasteiger partial charge < -0.3 is 19.1 Å². The normalized spacial score (nSPS) is 22.8. The van der Waals surface area contributed by atoms with E-state index in [1.165, 1.54) is 11.8 Å². The Labute approximate surface area is 184 Å². The van der Waals surface area contributed by atoms with Gasteiger partial charge in [-0.1, -0.05) is 42.1 Å². The first-order valence-electron chi connectivity index (χ1n) is 9.78. The molecule has 2 aromatic rings. The van der Waals surface area contributed by atoms with E-state index in [0.29, 0.717) is 16.7 Å². The number of hydrogen-bond donors (Lipinski definition) is 0. The van der Waals surface area contributed by atoms with Crippen LogP contribution in [0.3, 0.4) is 0 Å². The summed E-state index contributed by atoms with van der Waals surface area (Å²) in [5, 5.41) is 0.612. The topological polar surface area (TPSA) is 94.5 Å². The number of fused-ring (bicyclic) bond motifs is 2. The van der Waals surface area contributed by atoms with Crippen LogP contribution in [0.2, 0.25) is 0 Å². The van der Waals surface area contributed by atoms with E-state index in [-0.39, 0.29) is 48.7 Å². The van der Waals surface area contributed by atoms with Gasteiger partial charge in [0, 0.05) is 11.8 Å². The zero-order valence-corrected chi connectivity index (χ0v) is 18.1. The number of esters is 1. The molecule has 2 aromatic carbocycles. The molecule has 2 atom stereocenters. The molecule has 0 spiro atoms. The van der Waals surface area contributed by atoms with Gasteiger partial charge in [0.25, 0.3) is 0 Å². The first-order valence-corrected chi connectivity index (χ1v) is 12.6. The summed E-state index contributed by atoms with van der Waals surface area (Å²) in [7, 11) is -3.16. The van der Waals surface area contributed by atoms with Crippen molar-refractivity contribution in [3.8, 4) is 11.5 Å². The third-order valence-corrected chi connectivity index (χ3v) is 7.94. The van der Waals surface area contributed by atoms with Gasteiger partial charge in [-0.05, 0) is 17.7 Å². The Balaban J connectivity index is 1.31. The van der Waals surface area contributed by atoms with Crippen LogP contribution >= 0.6 is 11.8 Å². The van der Waals surface area contributed by atoms with E-state index in [1.807, 2.05) is 47.4 Å². The van der Waals surface area contributed by atoms with Crippen LogP contribution in [0.15, 0.2) is 53.5 Å². The van der Waals surface area contributed by atoms with Gasteiger partial charge in [-0.15, -0.1) is 0 Å². The molecule has 0 amide bonds. The molecular weight excluding hydrogens is 440 g/mol. The van der Waals surface area contributed by atoms with E-state index in [1.54, 1.807) is 6.07 Å². The van der Waals surface area contributed by atoms with Crippen molar-refractivity contribution in [2.24, 2.45) is 4.99 Å². The number of anilines is 1. The van der Waals surface area contributed by atoms with Crippen LogP contribution in [-0.2, 0) is 26.0 Å². The SMILES string of the molecule is O=C(CSC1=N[C@H]2CS(=O)(=O)C[C@@H]2N1c1ccc2c(c1)OCO2)OCc1ccccc1. The molecule has 31 heavy (non-hydrogen) atoms. The molecule has 162 valence electrons. The molecular formula is C21H20N2O6S2. The fraction of sp³-hybridized carbons (Fsp3) is 0.333. The second kappa shape index (κ2) is 8.08. The van der Waals surface area contributed by atoms with Crippen molar-refractivity contribution in [2.45, 2.75) is 18.7 Å². The minimum atomic E-state index is -3.16. The van der Waals surface area contributed by atoms with Crippen LogP contribution in [0, 0.1) is 0 Å². The minimum absolute atomic E-state index is 0.0151. The zero-order chi connectivity index (χ0) is 21.4. The molecule has 3 heterocycles. The number of rotatable bonds is 5. The van der Waals surface area contributed by atoms with Crippen LogP contribution < -0.4 is 14.4 Å². The Morgan fingerprint density at radius 2 is 1.94 bits per heavy atom. The number of carbonyl (C=O) groups is 1. The second-order valence-electron chi connectivity index (χ2n) is 7.47. The number of aliphatic imine (C=N–C) groups is 1. The molecule has 3 aliphatic rings. The van der Waals surface area contributed by atoms with Crippen LogP contribution in [0.25, 0.3) is 0 Å². The highest BCUT2D eigenvalue weighted by Gasteiger charge is 2.47. The number of nitrogens with zero attached hydrogens (tertiary/aromatic N) is 2. The van der Waals surface area contributed by atoms with Gasteiger partial charge >= 0.3 is 5.97 Å². The number of thioether (sulfide) groups is 1. The molecule has 3 aliphatic heterocycles. The van der Waals surface area contributed by atoms with Crippen molar-refractivity contribution in [1.29, 1.82) is 0 Å². The maximum absolute atomic E-state index is 12.3. The third-order valence-electron chi connectivity index (χ3n) is 5.30. The van der Waals surface area contributed by atoms with Gasteiger partial charge in [0.1, 0.15) is 6.61 Å². The predicted octanol–water partition coefficient (Wildman–Crippen LogP) is 2.23. The Bertz CT molecular complexity index is 1140. The molecule has 0 unspecified atom stereocenters. The van der Waals surface area contributed by atoms with E-state index >= 15 is 0 Å². The largest absolute Gasteiger partial charge is 0.460 e. The molecule has 0 N–H and O–H groups in total. The van der Waals surface area contributed by atoms with Crippen molar-refractivity contribution < 1.29 is 27.4 Å². The molecule has 0 radical (unpaired) electrons. The van der Waals surface area contributed by atoms with Gasteiger partial charge in [0.15, 0.2) is 26.5 Å². The summed E-state index contributed by atoms with van der Waals surface area (Å²) in [6.45, 7) is 0.365. The predicted molar refractivity (Wildman–Crippen MR) is 117 cm³/mol. The van der Waals surface area contributed by atoms with Crippen LogP contribution in [0.1, 0.15) is 5.56 Å². The standard InChI is InChI=1S/C21H20N2O6S2/c24-20(27-9-14-4-2-1-3-5-14)10-30-21-22-16-11-31(25,26)12-17(16)23(21)15-6-7-18-19(8-15)29-13-28-18/h1-8,16-17H,9-13H2/t16-,17-/m0/s1. The van der Waals surface area contributed by atoms with E-state index < -0.39 is 9.84 Å². The average molecular weight is 461 g/mol. The summed E-state index contributed by atoms with van der Waals surface area (Å²) < 4.78 is 40.6. The lowest BCUT2D eigenvalue weighted by molar-refractivity contribution is -0.141. The van der Waals surface area contributed by atoms with Crippen molar-refractivity contribution >= 4 is 38.4 Å². The zero-order valence-electron chi connectivity index (χ0n) is 16.5. The molecule has 0 aliphatic carbocycles. The quantitative estimate of drug-likeness (QED) is 0.627. The molecule has 1 fully saturated rings. The van der Waals surface area contributed by atoms with Gasteiger partial charge in [-0.2, -0.15) is 0 Å². The molecule has 1 saturated heterocycles. The number of hydrogen-bond acceptors (Lipinski definition) is 9. The molecule has 5 rings (SSSR count). The monoisotopic (exact) mass is 460 g/mol. The van der Waals surface area contributed by atoms with Crippen molar-refractivity contribution in [3.63, 3.8) is 0 Å². The molecule has 8 nitrogen and oxygen atoms in total. The van der Waals surface area contributed by atoms with E-state index in [0.717, 1.165) is 11.3 Å². The Morgan fingerprint density at radius 1 is 1.13 bits per heavy atom. The van der Waals surface area contributed by atoms with Gasteiger partial charge in [-0.25, -0.2) is 8.42 Å². The smallest absolute Gasteiger partial charge is 0.316 e.